The number of benzene rings is 1. The first-order chi connectivity index (χ1) is 8.09. The molecule has 4 heteroatoms. The average Bonchev–Trinajstić information content (AvgIpc) is 2.34. The van der Waals surface area contributed by atoms with E-state index in [1.165, 1.54) is 0 Å². The number of hydrogen-bond acceptors (Lipinski definition) is 2. The fourth-order valence-electron chi connectivity index (χ4n) is 1.23. The average molecular weight is 234 g/mol. The number of hydrogen-bond donors (Lipinski definition) is 2. The van der Waals surface area contributed by atoms with Gasteiger partial charge in [-0.2, -0.15) is 0 Å². The van der Waals surface area contributed by atoms with E-state index >= 15 is 0 Å². The van der Waals surface area contributed by atoms with Crippen LogP contribution in [0.2, 0.25) is 0 Å². The Morgan fingerprint density at radius 3 is 2.35 bits per heavy atom. The zero-order valence-electron chi connectivity index (χ0n) is 10.2. The Kier molecular flexibility index (Phi) is 5.20. The quantitative estimate of drug-likeness (QED) is 0.804. The van der Waals surface area contributed by atoms with Crippen LogP contribution in [0, 0.1) is 5.92 Å². The summed E-state index contributed by atoms with van der Waals surface area (Å²) in [4.78, 5) is 23.0. The maximum absolute atomic E-state index is 11.6. The van der Waals surface area contributed by atoms with Crippen molar-refractivity contribution in [3.63, 3.8) is 0 Å². The van der Waals surface area contributed by atoms with Crippen molar-refractivity contribution < 1.29 is 9.59 Å². The highest BCUT2D eigenvalue weighted by molar-refractivity contribution is 5.96. The summed E-state index contributed by atoms with van der Waals surface area (Å²) < 4.78 is 0. The number of nitrogens with one attached hydrogen (secondary N) is 2. The molecule has 1 aromatic rings. The van der Waals surface area contributed by atoms with Gasteiger partial charge < -0.3 is 10.6 Å². The van der Waals surface area contributed by atoms with Crippen molar-refractivity contribution in [3.8, 4) is 0 Å². The number of rotatable bonds is 5. The van der Waals surface area contributed by atoms with Gasteiger partial charge in [-0.05, 0) is 18.1 Å². The molecule has 0 saturated carbocycles. The zero-order chi connectivity index (χ0) is 12.7. The SMILES string of the molecule is CC(C)CNC(=O)CNC(=O)c1ccccc1. The number of amides is 2. The minimum Gasteiger partial charge on any atom is -0.354 e. The van der Waals surface area contributed by atoms with Crippen molar-refractivity contribution >= 4 is 11.8 Å². The van der Waals surface area contributed by atoms with E-state index in [1.807, 2.05) is 19.9 Å². The molecule has 4 nitrogen and oxygen atoms in total. The van der Waals surface area contributed by atoms with Crippen LogP contribution < -0.4 is 10.6 Å². The fourth-order valence-corrected chi connectivity index (χ4v) is 1.23. The highest BCUT2D eigenvalue weighted by Gasteiger charge is 2.07. The second-order valence-electron chi connectivity index (χ2n) is 4.25. The molecule has 1 rings (SSSR count). The summed E-state index contributed by atoms with van der Waals surface area (Å²) in [5.74, 6) is 0.0112. The predicted octanol–water partition coefficient (Wildman–Crippen LogP) is 1.19. The van der Waals surface area contributed by atoms with Crippen LogP contribution in [0.3, 0.4) is 0 Å². The third kappa shape index (κ3) is 5.15. The Bertz CT molecular complexity index is 374. The summed E-state index contributed by atoms with van der Waals surface area (Å²) in [6.45, 7) is 4.67. The molecule has 0 spiro atoms. The summed E-state index contributed by atoms with van der Waals surface area (Å²) in [5.41, 5.74) is 0.559. The van der Waals surface area contributed by atoms with Crippen molar-refractivity contribution in [1.29, 1.82) is 0 Å². The molecule has 0 radical (unpaired) electrons. The minimum atomic E-state index is -0.231. The first-order valence-electron chi connectivity index (χ1n) is 5.69. The molecule has 0 aliphatic carbocycles. The van der Waals surface area contributed by atoms with Gasteiger partial charge in [0.05, 0.1) is 6.54 Å². The van der Waals surface area contributed by atoms with Gasteiger partial charge in [-0.25, -0.2) is 0 Å². The molecule has 92 valence electrons. The van der Waals surface area contributed by atoms with Crippen LogP contribution >= 0.6 is 0 Å². The topological polar surface area (TPSA) is 58.2 Å². The van der Waals surface area contributed by atoms with Gasteiger partial charge in [0.25, 0.3) is 5.91 Å². The summed E-state index contributed by atoms with van der Waals surface area (Å²) in [6, 6.07) is 8.83. The molecular formula is C13H18N2O2. The molecular weight excluding hydrogens is 216 g/mol. The largest absolute Gasteiger partial charge is 0.354 e. The molecule has 17 heavy (non-hydrogen) atoms. The van der Waals surface area contributed by atoms with E-state index < -0.39 is 0 Å². The van der Waals surface area contributed by atoms with E-state index in [9.17, 15) is 9.59 Å². The highest BCUT2D eigenvalue weighted by Crippen LogP contribution is 1.97. The monoisotopic (exact) mass is 234 g/mol. The van der Waals surface area contributed by atoms with Gasteiger partial charge in [0, 0.05) is 12.1 Å². The molecule has 2 amide bonds. The Morgan fingerprint density at radius 1 is 1.12 bits per heavy atom. The highest BCUT2D eigenvalue weighted by atomic mass is 16.2. The van der Waals surface area contributed by atoms with E-state index in [4.69, 9.17) is 0 Å². The van der Waals surface area contributed by atoms with E-state index in [0.717, 1.165) is 0 Å². The van der Waals surface area contributed by atoms with Gasteiger partial charge >= 0.3 is 0 Å². The normalized spacial score (nSPS) is 10.1. The third-order valence-electron chi connectivity index (χ3n) is 2.15. The molecule has 0 unspecified atom stereocenters. The molecule has 1 aromatic carbocycles. The van der Waals surface area contributed by atoms with Crippen molar-refractivity contribution in [1.82, 2.24) is 10.6 Å². The van der Waals surface area contributed by atoms with Crippen LogP contribution in [0.25, 0.3) is 0 Å². The minimum absolute atomic E-state index is 0.0143. The standard InChI is InChI=1S/C13H18N2O2/c1-10(2)8-14-12(16)9-15-13(17)11-6-4-3-5-7-11/h3-7,10H,8-9H2,1-2H3,(H,14,16)(H,15,17). The smallest absolute Gasteiger partial charge is 0.251 e. The van der Waals surface area contributed by atoms with E-state index in [0.29, 0.717) is 18.0 Å². The number of carbonyl (C=O) groups is 2. The van der Waals surface area contributed by atoms with Gasteiger partial charge in [-0.3, -0.25) is 9.59 Å². The molecule has 0 aliphatic rings. The third-order valence-corrected chi connectivity index (χ3v) is 2.15. The maximum Gasteiger partial charge on any atom is 0.251 e. The Hall–Kier alpha value is -1.84. The number of carbonyl (C=O) groups excluding carboxylic acids is 2. The molecule has 0 aromatic heterocycles. The van der Waals surface area contributed by atoms with Crippen molar-refractivity contribution in [2.45, 2.75) is 13.8 Å². The molecule has 0 aliphatic heterocycles. The molecule has 0 heterocycles. The zero-order valence-corrected chi connectivity index (χ0v) is 10.2. The lowest BCUT2D eigenvalue weighted by atomic mass is 10.2. The Morgan fingerprint density at radius 2 is 1.76 bits per heavy atom. The van der Waals surface area contributed by atoms with Crippen LogP contribution in [-0.2, 0) is 4.79 Å². The molecule has 0 fully saturated rings. The van der Waals surface area contributed by atoms with Crippen molar-refractivity contribution in [2.24, 2.45) is 5.92 Å². The molecule has 2 N–H and O–H groups in total. The van der Waals surface area contributed by atoms with Crippen LogP contribution in [0.4, 0.5) is 0 Å². The molecule has 0 saturated heterocycles. The maximum atomic E-state index is 11.6. The fraction of sp³-hybridized carbons (Fsp3) is 0.385. The lowest BCUT2D eigenvalue weighted by Crippen LogP contribution is -2.38. The van der Waals surface area contributed by atoms with Gasteiger partial charge in [0.15, 0.2) is 0 Å². The van der Waals surface area contributed by atoms with E-state index in [2.05, 4.69) is 10.6 Å². The van der Waals surface area contributed by atoms with Crippen molar-refractivity contribution in [2.75, 3.05) is 13.1 Å². The first kappa shape index (κ1) is 13.2. The first-order valence-corrected chi connectivity index (χ1v) is 5.69. The molecule has 0 bridgehead atoms. The lowest BCUT2D eigenvalue weighted by Gasteiger charge is -2.08. The second kappa shape index (κ2) is 6.68. The van der Waals surface area contributed by atoms with Gasteiger partial charge in [0.2, 0.25) is 5.91 Å². The Balaban J connectivity index is 2.31. The van der Waals surface area contributed by atoms with E-state index in [-0.39, 0.29) is 18.4 Å². The van der Waals surface area contributed by atoms with Crippen LogP contribution in [0.15, 0.2) is 30.3 Å². The molecule has 0 atom stereocenters. The van der Waals surface area contributed by atoms with Gasteiger partial charge in [-0.1, -0.05) is 32.0 Å². The van der Waals surface area contributed by atoms with Gasteiger partial charge in [0.1, 0.15) is 0 Å². The lowest BCUT2D eigenvalue weighted by molar-refractivity contribution is -0.120. The van der Waals surface area contributed by atoms with Gasteiger partial charge in [-0.15, -0.1) is 0 Å². The van der Waals surface area contributed by atoms with E-state index in [1.54, 1.807) is 24.3 Å². The van der Waals surface area contributed by atoms with Crippen LogP contribution in [-0.4, -0.2) is 24.9 Å². The second-order valence-corrected chi connectivity index (χ2v) is 4.25. The predicted molar refractivity (Wildman–Crippen MR) is 66.6 cm³/mol. The van der Waals surface area contributed by atoms with Crippen LogP contribution in [0.1, 0.15) is 24.2 Å². The summed E-state index contributed by atoms with van der Waals surface area (Å²) in [5, 5.41) is 5.31. The van der Waals surface area contributed by atoms with Crippen LogP contribution in [0.5, 0.6) is 0 Å². The van der Waals surface area contributed by atoms with Crippen molar-refractivity contribution in [3.05, 3.63) is 35.9 Å². The summed E-state index contributed by atoms with van der Waals surface area (Å²) >= 11 is 0. The summed E-state index contributed by atoms with van der Waals surface area (Å²) in [7, 11) is 0. The Labute approximate surface area is 101 Å². The summed E-state index contributed by atoms with van der Waals surface area (Å²) in [6.07, 6.45) is 0.